The highest BCUT2D eigenvalue weighted by Gasteiger charge is 2.24. The third kappa shape index (κ3) is 3.09. The summed E-state index contributed by atoms with van der Waals surface area (Å²) in [5, 5.41) is 21.1. The molecule has 0 radical (unpaired) electrons. The Morgan fingerprint density at radius 1 is 1.29 bits per heavy atom. The minimum absolute atomic E-state index is 0.130. The fourth-order valence-corrected chi connectivity index (χ4v) is 2.92. The standard InChI is InChI=1S/C15H25N5O/c1-4-11-12(5-2)17-18-15(13(11)14(16)19-21)20-8-6-10(3)7-9-20/h10,21H,4-9H2,1-3H3,(H2,16,19). The molecule has 21 heavy (non-hydrogen) atoms. The summed E-state index contributed by atoms with van der Waals surface area (Å²) in [6.45, 7) is 8.26. The molecule has 6 nitrogen and oxygen atoms in total. The van der Waals surface area contributed by atoms with Crippen molar-refractivity contribution in [3.63, 3.8) is 0 Å². The van der Waals surface area contributed by atoms with Crippen LogP contribution in [0.3, 0.4) is 0 Å². The predicted molar refractivity (Wildman–Crippen MR) is 83.9 cm³/mol. The van der Waals surface area contributed by atoms with E-state index in [2.05, 4.69) is 34.1 Å². The van der Waals surface area contributed by atoms with Gasteiger partial charge < -0.3 is 15.8 Å². The Hall–Kier alpha value is -1.85. The van der Waals surface area contributed by atoms with Crippen molar-refractivity contribution in [2.24, 2.45) is 16.8 Å². The number of hydrogen-bond acceptors (Lipinski definition) is 5. The van der Waals surface area contributed by atoms with Crippen molar-refractivity contribution in [2.75, 3.05) is 18.0 Å². The lowest BCUT2D eigenvalue weighted by Crippen LogP contribution is -2.36. The largest absolute Gasteiger partial charge is 0.409 e. The van der Waals surface area contributed by atoms with Gasteiger partial charge in [-0.1, -0.05) is 25.9 Å². The SMILES string of the molecule is CCc1nnc(N2CCC(C)CC2)c(C(N)=NO)c1CC. The van der Waals surface area contributed by atoms with E-state index in [-0.39, 0.29) is 5.84 Å². The van der Waals surface area contributed by atoms with E-state index < -0.39 is 0 Å². The molecule has 1 saturated heterocycles. The average molecular weight is 291 g/mol. The van der Waals surface area contributed by atoms with E-state index in [0.717, 1.165) is 67.3 Å². The van der Waals surface area contributed by atoms with Crippen LogP contribution in [-0.2, 0) is 12.8 Å². The van der Waals surface area contributed by atoms with Crippen molar-refractivity contribution in [2.45, 2.75) is 46.5 Å². The molecule has 0 saturated carbocycles. The summed E-state index contributed by atoms with van der Waals surface area (Å²) in [4.78, 5) is 2.21. The minimum Gasteiger partial charge on any atom is -0.409 e. The molecule has 0 aliphatic carbocycles. The fraction of sp³-hybridized carbons (Fsp3) is 0.667. The van der Waals surface area contributed by atoms with E-state index in [9.17, 15) is 0 Å². The number of anilines is 1. The van der Waals surface area contributed by atoms with Crippen LogP contribution >= 0.6 is 0 Å². The zero-order chi connectivity index (χ0) is 15.4. The first kappa shape index (κ1) is 15.5. The minimum atomic E-state index is 0.130. The molecule has 1 aliphatic heterocycles. The highest BCUT2D eigenvalue weighted by atomic mass is 16.4. The van der Waals surface area contributed by atoms with E-state index in [1.54, 1.807) is 0 Å². The van der Waals surface area contributed by atoms with E-state index in [4.69, 9.17) is 10.9 Å². The molecule has 1 aromatic heterocycles. The number of rotatable bonds is 4. The molecule has 1 aliphatic rings. The van der Waals surface area contributed by atoms with Crippen LogP contribution in [0.5, 0.6) is 0 Å². The van der Waals surface area contributed by atoms with Gasteiger partial charge in [-0.25, -0.2) is 0 Å². The third-order valence-electron chi connectivity index (χ3n) is 4.27. The summed E-state index contributed by atoms with van der Waals surface area (Å²) in [6.07, 6.45) is 3.85. The maximum absolute atomic E-state index is 9.13. The maximum Gasteiger partial charge on any atom is 0.174 e. The first-order valence-corrected chi connectivity index (χ1v) is 7.73. The molecule has 3 N–H and O–H groups in total. The zero-order valence-electron chi connectivity index (χ0n) is 13.1. The summed E-state index contributed by atoms with van der Waals surface area (Å²) in [5.41, 5.74) is 8.65. The zero-order valence-corrected chi connectivity index (χ0v) is 13.1. The van der Waals surface area contributed by atoms with Crippen molar-refractivity contribution >= 4 is 11.7 Å². The molecule has 1 aromatic rings. The first-order chi connectivity index (χ1) is 10.1. The molecule has 0 spiro atoms. The Balaban J connectivity index is 2.49. The quantitative estimate of drug-likeness (QED) is 0.383. The van der Waals surface area contributed by atoms with Crippen LogP contribution in [0.4, 0.5) is 5.82 Å². The van der Waals surface area contributed by atoms with Gasteiger partial charge in [0.05, 0.1) is 11.3 Å². The second-order valence-electron chi connectivity index (χ2n) is 5.69. The third-order valence-corrected chi connectivity index (χ3v) is 4.27. The number of nitrogens with zero attached hydrogens (tertiary/aromatic N) is 4. The van der Waals surface area contributed by atoms with Gasteiger partial charge in [0.1, 0.15) is 0 Å². The van der Waals surface area contributed by atoms with Gasteiger partial charge in [-0.05, 0) is 37.2 Å². The van der Waals surface area contributed by atoms with Gasteiger partial charge in [0.25, 0.3) is 0 Å². The van der Waals surface area contributed by atoms with Gasteiger partial charge in [0.15, 0.2) is 11.7 Å². The molecule has 0 bridgehead atoms. The molecule has 116 valence electrons. The van der Waals surface area contributed by atoms with Crippen LogP contribution in [0.15, 0.2) is 5.16 Å². The highest BCUT2D eigenvalue weighted by molar-refractivity contribution is 6.03. The number of oxime groups is 1. The Morgan fingerprint density at radius 2 is 1.95 bits per heavy atom. The number of aromatic nitrogens is 2. The molecular weight excluding hydrogens is 266 g/mol. The van der Waals surface area contributed by atoms with Gasteiger partial charge in [-0.2, -0.15) is 5.10 Å². The second kappa shape index (κ2) is 6.74. The van der Waals surface area contributed by atoms with Gasteiger partial charge in [-0.3, -0.25) is 0 Å². The molecule has 0 unspecified atom stereocenters. The number of nitrogens with two attached hydrogens (primary N) is 1. The number of amidine groups is 1. The van der Waals surface area contributed by atoms with E-state index in [1.165, 1.54) is 0 Å². The Bertz CT molecular complexity index is 521. The molecule has 2 rings (SSSR count). The Kier molecular flexibility index (Phi) is 4.98. The number of hydrogen-bond donors (Lipinski definition) is 2. The number of piperidine rings is 1. The number of aryl methyl sites for hydroxylation is 1. The van der Waals surface area contributed by atoms with Crippen LogP contribution in [-0.4, -0.2) is 34.3 Å². The molecule has 1 fully saturated rings. The van der Waals surface area contributed by atoms with Crippen molar-refractivity contribution in [3.8, 4) is 0 Å². The molecule has 0 aromatic carbocycles. The maximum atomic E-state index is 9.13. The van der Waals surface area contributed by atoms with Crippen LogP contribution < -0.4 is 10.6 Å². The van der Waals surface area contributed by atoms with Gasteiger partial charge in [0, 0.05) is 13.1 Å². The highest BCUT2D eigenvalue weighted by Crippen LogP contribution is 2.27. The van der Waals surface area contributed by atoms with Crippen molar-refractivity contribution in [1.82, 2.24) is 10.2 Å². The van der Waals surface area contributed by atoms with Crippen LogP contribution in [0.25, 0.3) is 0 Å². The topological polar surface area (TPSA) is 87.6 Å². The summed E-state index contributed by atoms with van der Waals surface area (Å²) < 4.78 is 0. The summed E-state index contributed by atoms with van der Waals surface area (Å²) in [6, 6.07) is 0. The molecular formula is C15H25N5O. The molecule has 2 heterocycles. The Morgan fingerprint density at radius 3 is 2.48 bits per heavy atom. The monoisotopic (exact) mass is 291 g/mol. The Labute approximate surface area is 126 Å². The van der Waals surface area contributed by atoms with Crippen molar-refractivity contribution in [3.05, 3.63) is 16.8 Å². The molecule has 0 atom stereocenters. The van der Waals surface area contributed by atoms with Crippen LogP contribution in [0, 0.1) is 5.92 Å². The summed E-state index contributed by atoms with van der Waals surface area (Å²) in [7, 11) is 0. The van der Waals surface area contributed by atoms with Crippen molar-refractivity contribution in [1.29, 1.82) is 0 Å². The summed E-state index contributed by atoms with van der Waals surface area (Å²) >= 11 is 0. The molecule has 0 amide bonds. The van der Waals surface area contributed by atoms with Crippen LogP contribution in [0.1, 0.15) is 50.4 Å². The van der Waals surface area contributed by atoms with Gasteiger partial charge in [0.2, 0.25) is 0 Å². The lowest BCUT2D eigenvalue weighted by molar-refractivity contribution is 0.318. The van der Waals surface area contributed by atoms with Gasteiger partial charge in [-0.15, -0.1) is 5.10 Å². The van der Waals surface area contributed by atoms with E-state index >= 15 is 0 Å². The van der Waals surface area contributed by atoms with E-state index in [1.807, 2.05) is 6.92 Å². The first-order valence-electron chi connectivity index (χ1n) is 7.73. The molecule has 6 heteroatoms. The fourth-order valence-electron chi connectivity index (χ4n) is 2.92. The summed E-state index contributed by atoms with van der Waals surface area (Å²) in [5.74, 6) is 1.62. The second-order valence-corrected chi connectivity index (χ2v) is 5.69. The van der Waals surface area contributed by atoms with Crippen LogP contribution in [0.2, 0.25) is 0 Å². The lowest BCUT2D eigenvalue weighted by Gasteiger charge is -2.32. The predicted octanol–water partition coefficient (Wildman–Crippen LogP) is 1.93. The van der Waals surface area contributed by atoms with Gasteiger partial charge >= 0.3 is 0 Å². The lowest BCUT2D eigenvalue weighted by atomic mass is 9.97. The van der Waals surface area contributed by atoms with E-state index in [0.29, 0.717) is 0 Å². The smallest absolute Gasteiger partial charge is 0.174 e. The normalized spacial score (nSPS) is 17.3. The average Bonchev–Trinajstić information content (AvgIpc) is 2.53. The van der Waals surface area contributed by atoms with Crippen molar-refractivity contribution < 1.29 is 5.21 Å².